The number of nitriles is 1. The normalized spacial score (nSPS) is 12.6. The number of carbonyl (C=O) groups excluding carboxylic acids is 5. The van der Waals surface area contributed by atoms with Gasteiger partial charge in [-0.1, -0.05) is 89.7 Å². The van der Waals surface area contributed by atoms with E-state index in [1.54, 1.807) is 96.7 Å². The van der Waals surface area contributed by atoms with Crippen molar-refractivity contribution < 1.29 is 75.9 Å². The molecule has 113 heavy (non-hydrogen) atoms. The number of carboxylic acids is 1. The standard InChI is InChI=1S/C25H18F2N4O3.C17H19N3O3.C10H9NO2.C9H7NO2.C7H15N3O3.C7H12N2O2.C4H12N2Si/c26-19-7-5-15(13-20(19)27)14-31-12-2-4-18(25(31)33)22(32)9-10-23-29-24(34-30-23)17-6-8-21-16(17)3-1-11-28-21;1-17(2,3)22-15(21)9-8-14-19-16(23-20-14)12-6-7-13-11(12)5-4-10-18-13;1-13-10(12)8-4-5-9-7(8)3-2-6-11-9;11-9(12)7-3-4-8-6(7)2-1-5-10-8;1-7(2,3)13-6(11)9-4-5(8)10-12;1-7(2,3)11-6(10)9-5-4-8;1-7(2,3)4-6-5/h1-7,11-13H,8-10,14H2;4-6,10H,7-9H2,1-3H3;2-4,6H,5H2,1H3;1-3,5H,4H2,(H,11,12);12H,4H2,1-3H3,(H2,8,10)(H,9,11);5H2,1-3H3,(H,9,10);5H,4H2,1-3H3. The van der Waals surface area contributed by atoms with Gasteiger partial charge in [-0.15, -0.1) is 0 Å². The van der Waals surface area contributed by atoms with Crippen molar-refractivity contribution in [1.29, 1.82) is 10.8 Å². The van der Waals surface area contributed by atoms with E-state index in [4.69, 9.17) is 50.1 Å². The molecule has 4 aliphatic carbocycles. The van der Waals surface area contributed by atoms with Crippen LogP contribution >= 0.6 is 0 Å². The van der Waals surface area contributed by atoms with E-state index in [0.29, 0.717) is 59.4 Å². The maximum Gasteiger partial charge on any atom is 0.408 e. The highest BCUT2D eigenvalue weighted by molar-refractivity contribution is 6.76. The van der Waals surface area contributed by atoms with Crippen molar-refractivity contribution in [3.63, 3.8) is 0 Å². The zero-order valence-electron chi connectivity index (χ0n) is 65.1. The molecular formula is C79H92F2N16O15Si. The molecule has 1 aromatic carbocycles. The van der Waals surface area contributed by atoms with Crippen LogP contribution in [0.2, 0.25) is 19.6 Å². The fourth-order valence-electron chi connectivity index (χ4n) is 10.3. The predicted molar refractivity (Wildman–Crippen MR) is 414 cm³/mol. The number of alkyl carbamates (subject to hydrolysis) is 2. The first-order chi connectivity index (χ1) is 53.4. The Morgan fingerprint density at radius 2 is 1.12 bits per heavy atom. The van der Waals surface area contributed by atoms with Gasteiger partial charge in [0.25, 0.3) is 17.3 Å². The van der Waals surface area contributed by atoms with E-state index in [-0.39, 0.29) is 68.0 Å². The minimum Gasteiger partial charge on any atom is -0.478 e. The summed E-state index contributed by atoms with van der Waals surface area (Å²) >= 11 is 0. The first-order valence-electron chi connectivity index (χ1n) is 35.4. The Morgan fingerprint density at radius 3 is 1.58 bits per heavy atom. The van der Waals surface area contributed by atoms with Crippen molar-refractivity contribution >= 4 is 72.1 Å². The average Bonchev–Trinajstić information content (AvgIpc) is 1.69. The molecule has 0 radical (unpaired) electrons. The Morgan fingerprint density at radius 1 is 0.655 bits per heavy atom. The number of fused-ring (bicyclic) bond motifs is 4. The lowest BCUT2D eigenvalue weighted by Gasteiger charge is -2.19. The maximum atomic E-state index is 13.5. The molecule has 12 rings (SSSR count). The summed E-state index contributed by atoms with van der Waals surface area (Å²) in [5, 5.41) is 43.5. The molecule has 0 unspecified atom stereocenters. The molecule has 4 aliphatic rings. The topological polar surface area (TPSA) is 454 Å². The van der Waals surface area contributed by atoms with Gasteiger partial charge in [0.15, 0.2) is 34.9 Å². The SMILES string of the molecule is CC(C)(C)OC(=O)CCc1noc(C2=CCc3ncccc32)n1.CC(C)(C)OC(=O)NC/C(N)=N/O.CC(C)(C)OC(=O)NCC#N.COC(=O)C1=CCc2ncccc21.C[Si](C)(C)CN=N.O=C(CCc1noc(C2=CCc3ncccc32)n1)c1cccn(Cc2ccc(F)c(F)c2)c1=O.O=C(O)C1=CCc2ncccc21. The summed E-state index contributed by atoms with van der Waals surface area (Å²) in [6.45, 7) is 22.6. The van der Waals surface area contributed by atoms with E-state index in [1.807, 2.05) is 75.4 Å². The number of amides is 2. The summed E-state index contributed by atoms with van der Waals surface area (Å²) in [7, 11) is 0.375. The number of oxime groups is 1. The molecule has 34 heteroatoms. The van der Waals surface area contributed by atoms with E-state index in [9.17, 15) is 42.3 Å². The molecule has 7 heterocycles. The minimum atomic E-state index is -1.01. The Kier molecular flexibility index (Phi) is 32.9. The number of halogens is 2. The van der Waals surface area contributed by atoms with Crippen LogP contribution in [0.3, 0.4) is 0 Å². The van der Waals surface area contributed by atoms with Crippen molar-refractivity contribution in [3.8, 4) is 6.07 Å². The Hall–Kier alpha value is -12.9. The van der Waals surface area contributed by atoms with Crippen LogP contribution in [-0.2, 0) is 78.4 Å². The van der Waals surface area contributed by atoms with Gasteiger partial charge in [0.2, 0.25) is 0 Å². The first-order valence-corrected chi connectivity index (χ1v) is 39.1. The van der Waals surface area contributed by atoms with Crippen LogP contribution in [0, 0.1) is 28.5 Å². The van der Waals surface area contributed by atoms with Gasteiger partial charge in [-0.3, -0.25) is 34.3 Å². The Bertz CT molecular complexity index is 4960. The van der Waals surface area contributed by atoms with Crippen LogP contribution < -0.4 is 21.9 Å². The first kappa shape index (κ1) is 89.0. The molecule has 596 valence electrons. The number of carboxylic acid groups (broad SMARTS) is 1. The monoisotopic (exact) mass is 1570 g/mol. The van der Waals surface area contributed by atoms with Gasteiger partial charge >= 0.3 is 30.1 Å². The molecule has 31 nitrogen and oxygen atoms in total. The van der Waals surface area contributed by atoms with Gasteiger partial charge in [0.1, 0.15) is 23.3 Å². The number of esters is 2. The second-order valence-electron chi connectivity index (χ2n) is 29.1. The third-order valence-corrected chi connectivity index (χ3v) is 16.3. The molecule has 0 saturated heterocycles. The molecule has 8 aromatic rings. The second-order valence-corrected chi connectivity index (χ2v) is 34.5. The fraction of sp³-hybridized carbons (Fsp3) is 0.354. The third-order valence-electron chi connectivity index (χ3n) is 15.2. The number of pyridine rings is 5. The van der Waals surface area contributed by atoms with Gasteiger partial charge in [0.05, 0.1) is 86.4 Å². The zero-order chi connectivity index (χ0) is 83.2. The largest absolute Gasteiger partial charge is 0.478 e. The van der Waals surface area contributed by atoms with Crippen molar-refractivity contribution in [2.24, 2.45) is 16.0 Å². The van der Waals surface area contributed by atoms with Gasteiger partial charge in [-0.05, 0) is 116 Å². The molecule has 0 spiro atoms. The number of nitrogens with two attached hydrogens (primary N) is 1. The van der Waals surface area contributed by atoms with Crippen LogP contribution in [0.5, 0.6) is 0 Å². The average molecular weight is 1570 g/mol. The summed E-state index contributed by atoms with van der Waals surface area (Å²) in [5.74, 6) is -2.13. The van der Waals surface area contributed by atoms with E-state index in [1.165, 1.54) is 30.0 Å². The number of rotatable bonds is 18. The minimum absolute atomic E-state index is 0.00676. The number of Topliss-reactive ketones (excluding diaryl/α,β-unsaturated/α-hetero) is 1. The fourth-order valence-corrected chi connectivity index (χ4v) is 10.8. The number of aromatic nitrogens is 9. The molecular weight excluding hydrogens is 1480 g/mol. The zero-order valence-corrected chi connectivity index (χ0v) is 66.1. The lowest BCUT2D eigenvalue weighted by molar-refractivity contribution is -0.154. The molecule has 0 bridgehead atoms. The van der Waals surface area contributed by atoms with Gasteiger partial charge in [-0.2, -0.15) is 15.2 Å². The molecule has 0 atom stereocenters. The number of hydrogen-bond acceptors (Lipinski definition) is 26. The highest BCUT2D eigenvalue weighted by Gasteiger charge is 2.27. The van der Waals surface area contributed by atoms with Crippen LogP contribution in [0.1, 0.15) is 160 Å². The quantitative estimate of drug-likeness (QED) is 0.00444. The number of aliphatic carboxylic acids is 1. The molecule has 7 N–H and O–H groups in total. The Balaban J connectivity index is 0.000000220. The molecule has 2 amide bonds. The van der Waals surface area contributed by atoms with E-state index >= 15 is 0 Å². The highest BCUT2D eigenvalue weighted by atomic mass is 28.3. The van der Waals surface area contributed by atoms with Crippen molar-refractivity contribution in [2.45, 2.75) is 157 Å². The highest BCUT2D eigenvalue weighted by Crippen LogP contribution is 2.33. The van der Waals surface area contributed by atoms with Crippen molar-refractivity contribution in [3.05, 3.63) is 236 Å². The van der Waals surface area contributed by atoms with Crippen LogP contribution in [0.4, 0.5) is 18.4 Å². The number of nitrogens with zero attached hydrogens (tertiary/aromatic N) is 12. The second kappa shape index (κ2) is 41.7. The van der Waals surface area contributed by atoms with Crippen LogP contribution in [-0.4, -0.2) is 148 Å². The summed E-state index contributed by atoms with van der Waals surface area (Å²) in [6.07, 6.45) is 19.2. The maximum absolute atomic E-state index is 13.5. The summed E-state index contributed by atoms with van der Waals surface area (Å²) in [6, 6.07) is 23.1. The Labute approximate surface area is 652 Å². The number of benzene rings is 1. The number of ether oxygens (including phenoxy) is 4. The summed E-state index contributed by atoms with van der Waals surface area (Å²) in [5.41, 5.74) is 20.1. The molecule has 0 saturated carbocycles. The van der Waals surface area contributed by atoms with E-state index < -0.39 is 60.2 Å². The number of nitrogens with one attached hydrogen (secondary N) is 3. The predicted octanol–water partition coefficient (Wildman–Crippen LogP) is 12.0. The lowest BCUT2D eigenvalue weighted by atomic mass is 10.1. The number of carbonyl (C=O) groups is 6. The summed E-state index contributed by atoms with van der Waals surface area (Å²) < 4.78 is 58.3. The van der Waals surface area contributed by atoms with Gasteiger partial charge in [0, 0.05) is 109 Å². The number of hydrogen-bond donors (Lipinski definition) is 6. The van der Waals surface area contributed by atoms with Crippen molar-refractivity contribution in [1.82, 2.24) is 55.4 Å². The molecule has 0 fully saturated rings. The van der Waals surface area contributed by atoms with Gasteiger partial charge < -0.3 is 59.2 Å². The third kappa shape index (κ3) is 29.4. The van der Waals surface area contributed by atoms with Crippen LogP contribution in [0.15, 0.2) is 158 Å². The van der Waals surface area contributed by atoms with E-state index in [0.717, 1.165) is 87.3 Å². The lowest BCUT2D eigenvalue weighted by Crippen LogP contribution is -2.37. The smallest absolute Gasteiger partial charge is 0.408 e. The molecule has 0 aliphatic heterocycles. The van der Waals surface area contributed by atoms with Crippen LogP contribution in [0.25, 0.3) is 22.3 Å². The van der Waals surface area contributed by atoms with Gasteiger partial charge in [-0.25, -0.2) is 38.6 Å². The number of allylic oxidation sites excluding steroid dienone is 4. The van der Waals surface area contributed by atoms with Crippen molar-refractivity contribution in [2.75, 3.05) is 26.4 Å². The number of amidine groups is 1. The number of methoxy groups -OCH3 is 1. The summed E-state index contributed by atoms with van der Waals surface area (Å²) in [4.78, 5) is 107. The molecule has 7 aromatic heterocycles. The van der Waals surface area contributed by atoms with E-state index in [2.05, 4.69) is 85.5 Å². The number of aryl methyl sites for hydroxylation is 2. The number of ketones is 1.